The highest BCUT2D eigenvalue weighted by Crippen LogP contribution is 2.28. The summed E-state index contributed by atoms with van der Waals surface area (Å²) in [6.45, 7) is 5.79. The van der Waals surface area contributed by atoms with Crippen molar-refractivity contribution in [3.8, 4) is 11.5 Å². The van der Waals surface area contributed by atoms with Gasteiger partial charge in [-0.2, -0.15) is 0 Å². The van der Waals surface area contributed by atoms with E-state index in [1.807, 2.05) is 37.3 Å². The van der Waals surface area contributed by atoms with E-state index in [-0.39, 0.29) is 6.10 Å². The van der Waals surface area contributed by atoms with Crippen molar-refractivity contribution in [3.05, 3.63) is 47.9 Å². The Morgan fingerprint density at radius 1 is 1.26 bits per heavy atom. The summed E-state index contributed by atoms with van der Waals surface area (Å²) in [5.41, 5.74) is 1.15. The first kappa shape index (κ1) is 15.9. The van der Waals surface area contributed by atoms with Crippen molar-refractivity contribution in [2.24, 2.45) is 0 Å². The molecule has 5 nitrogen and oxygen atoms in total. The lowest BCUT2D eigenvalue weighted by atomic mass is 10.2. The Balaban J connectivity index is 1.53. The molecular formula is C18H23NO4. The second-order valence-electron chi connectivity index (χ2n) is 5.77. The molecule has 1 atom stereocenters. The summed E-state index contributed by atoms with van der Waals surface area (Å²) in [4.78, 5) is 2.32. The highest BCUT2D eigenvalue weighted by molar-refractivity contribution is 5.42. The van der Waals surface area contributed by atoms with E-state index in [9.17, 15) is 0 Å². The van der Waals surface area contributed by atoms with E-state index in [0.29, 0.717) is 13.2 Å². The number of nitrogens with zero attached hydrogens (tertiary/aromatic N) is 1. The van der Waals surface area contributed by atoms with Crippen LogP contribution in [0.4, 0.5) is 0 Å². The van der Waals surface area contributed by atoms with Crippen LogP contribution in [0.25, 0.3) is 0 Å². The Bertz CT molecular complexity index is 611. The third-order valence-corrected chi connectivity index (χ3v) is 3.93. The normalized spacial score (nSPS) is 18.8. The maximum absolute atomic E-state index is 5.91. The number of hydrogen-bond donors (Lipinski definition) is 0. The van der Waals surface area contributed by atoms with Gasteiger partial charge in [0.15, 0.2) is 11.5 Å². The summed E-state index contributed by atoms with van der Waals surface area (Å²) in [6, 6.07) is 9.85. The quantitative estimate of drug-likeness (QED) is 0.820. The maximum atomic E-state index is 5.91. The zero-order chi connectivity index (χ0) is 16.1. The molecule has 1 aromatic heterocycles. The number of hydrogen-bond acceptors (Lipinski definition) is 5. The number of ether oxygens (including phenoxy) is 3. The standard InChI is InChI=1S/C18H23NO4/c1-14-5-6-17(18(10-14)20-2)23-13-16-12-19(7-9-22-16)11-15-4-3-8-21-15/h3-6,8,10,16H,7,9,11-13H2,1-2H3/t16-/m1/s1. The van der Waals surface area contributed by atoms with E-state index in [4.69, 9.17) is 18.6 Å². The van der Waals surface area contributed by atoms with E-state index < -0.39 is 0 Å². The number of benzene rings is 1. The lowest BCUT2D eigenvalue weighted by molar-refractivity contribution is -0.0520. The zero-order valence-corrected chi connectivity index (χ0v) is 13.7. The molecule has 1 aliphatic rings. The van der Waals surface area contributed by atoms with Crippen LogP contribution in [0, 0.1) is 6.92 Å². The van der Waals surface area contributed by atoms with E-state index in [1.165, 1.54) is 0 Å². The SMILES string of the molecule is COc1cc(C)ccc1OC[C@H]1CN(Cc2ccco2)CCO1. The molecule has 0 radical (unpaired) electrons. The first-order valence-electron chi connectivity index (χ1n) is 7.88. The highest BCUT2D eigenvalue weighted by Gasteiger charge is 2.22. The monoisotopic (exact) mass is 317 g/mol. The van der Waals surface area contributed by atoms with E-state index in [1.54, 1.807) is 13.4 Å². The Morgan fingerprint density at radius 3 is 2.96 bits per heavy atom. The van der Waals surface area contributed by atoms with Gasteiger partial charge in [0.2, 0.25) is 0 Å². The van der Waals surface area contributed by atoms with Gasteiger partial charge in [0.05, 0.1) is 26.5 Å². The first-order valence-corrected chi connectivity index (χ1v) is 7.88. The predicted octanol–water partition coefficient (Wildman–Crippen LogP) is 2.88. The summed E-state index contributed by atoms with van der Waals surface area (Å²) in [5.74, 6) is 2.49. The summed E-state index contributed by atoms with van der Waals surface area (Å²) >= 11 is 0. The average molecular weight is 317 g/mol. The second kappa shape index (κ2) is 7.53. The third-order valence-electron chi connectivity index (χ3n) is 3.93. The molecule has 0 spiro atoms. The van der Waals surface area contributed by atoms with Crippen molar-refractivity contribution in [2.45, 2.75) is 19.6 Å². The van der Waals surface area contributed by atoms with Crippen LogP contribution in [0.1, 0.15) is 11.3 Å². The molecule has 1 aromatic carbocycles. The molecule has 0 bridgehead atoms. The summed E-state index contributed by atoms with van der Waals surface area (Å²) in [7, 11) is 1.66. The van der Waals surface area contributed by atoms with Gasteiger partial charge in [0, 0.05) is 13.1 Å². The van der Waals surface area contributed by atoms with Gasteiger partial charge in [0.25, 0.3) is 0 Å². The van der Waals surface area contributed by atoms with Crippen molar-refractivity contribution < 1.29 is 18.6 Å². The molecule has 0 aliphatic carbocycles. The molecule has 2 heterocycles. The molecule has 23 heavy (non-hydrogen) atoms. The fourth-order valence-electron chi connectivity index (χ4n) is 2.72. The van der Waals surface area contributed by atoms with Gasteiger partial charge in [0.1, 0.15) is 18.5 Å². The Morgan fingerprint density at radius 2 is 2.17 bits per heavy atom. The van der Waals surface area contributed by atoms with Crippen LogP contribution in [0.2, 0.25) is 0 Å². The predicted molar refractivity (Wildman–Crippen MR) is 87.0 cm³/mol. The topological polar surface area (TPSA) is 44.1 Å². The minimum Gasteiger partial charge on any atom is -0.493 e. The molecule has 0 unspecified atom stereocenters. The molecular weight excluding hydrogens is 294 g/mol. The van der Waals surface area contributed by atoms with Crippen LogP contribution >= 0.6 is 0 Å². The van der Waals surface area contributed by atoms with Crippen LogP contribution in [0.15, 0.2) is 41.0 Å². The average Bonchev–Trinajstić information content (AvgIpc) is 3.07. The Hall–Kier alpha value is -1.98. The fraction of sp³-hybridized carbons (Fsp3) is 0.444. The van der Waals surface area contributed by atoms with E-state index in [2.05, 4.69) is 4.90 Å². The van der Waals surface area contributed by atoms with Crippen LogP contribution in [-0.4, -0.2) is 44.4 Å². The van der Waals surface area contributed by atoms with Crippen LogP contribution < -0.4 is 9.47 Å². The summed E-state index contributed by atoms with van der Waals surface area (Å²) < 4.78 is 22.5. The van der Waals surface area contributed by atoms with Crippen LogP contribution in [0.3, 0.4) is 0 Å². The summed E-state index contributed by atoms with van der Waals surface area (Å²) in [6.07, 6.45) is 1.75. The van der Waals surface area contributed by atoms with Gasteiger partial charge in [-0.05, 0) is 36.8 Å². The lowest BCUT2D eigenvalue weighted by Crippen LogP contribution is -2.44. The van der Waals surface area contributed by atoms with Crippen molar-refractivity contribution >= 4 is 0 Å². The van der Waals surface area contributed by atoms with E-state index >= 15 is 0 Å². The van der Waals surface area contributed by atoms with Gasteiger partial charge in [-0.3, -0.25) is 4.90 Å². The second-order valence-corrected chi connectivity index (χ2v) is 5.77. The maximum Gasteiger partial charge on any atom is 0.161 e. The van der Waals surface area contributed by atoms with Gasteiger partial charge in [-0.25, -0.2) is 0 Å². The Labute approximate surface area is 136 Å². The van der Waals surface area contributed by atoms with Crippen molar-refractivity contribution in [1.82, 2.24) is 4.90 Å². The summed E-state index contributed by atoms with van der Waals surface area (Å²) in [5, 5.41) is 0. The number of rotatable bonds is 6. The number of morpholine rings is 1. The van der Waals surface area contributed by atoms with E-state index in [0.717, 1.165) is 42.5 Å². The lowest BCUT2D eigenvalue weighted by Gasteiger charge is -2.32. The smallest absolute Gasteiger partial charge is 0.161 e. The molecule has 0 amide bonds. The van der Waals surface area contributed by atoms with Gasteiger partial charge >= 0.3 is 0 Å². The van der Waals surface area contributed by atoms with Gasteiger partial charge in [-0.1, -0.05) is 6.07 Å². The molecule has 1 fully saturated rings. The number of furan rings is 1. The molecule has 1 aliphatic heterocycles. The van der Waals surface area contributed by atoms with Crippen LogP contribution in [0.5, 0.6) is 11.5 Å². The van der Waals surface area contributed by atoms with Crippen molar-refractivity contribution in [2.75, 3.05) is 33.4 Å². The molecule has 124 valence electrons. The van der Waals surface area contributed by atoms with Crippen LogP contribution in [-0.2, 0) is 11.3 Å². The minimum atomic E-state index is 0.0460. The third kappa shape index (κ3) is 4.27. The molecule has 5 heteroatoms. The Kier molecular flexibility index (Phi) is 5.20. The molecule has 2 aromatic rings. The fourth-order valence-corrected chi connectivity index (χ4v) is 2.72. The molecule has 0 saturated carbocycles. The number of aryl methyl sites for hydroxylation is 1. The van der Waals surface area contributed by atoms with Crippen molar-refractivity contribution in [1.29, 1.82) is 0 Å². The first-order chi connectivity index (χ1) is 11.2. The van der Waals surface area contributed by atoms with Gasteiger partial charge < -0.3 is 18.6 Å². The van der Waals surface area contributed by atoms with Crippen molar-refractivity contribution in [3.63, 3.8) is 0 Å². The molecule has 3 rings (SSSR count). The largest absolute Gasteiger partial charge is 0.493 e. The van der Waals surface area contributed by atoms with Gasteiger partial charge in [-0.15, -0.1) is 0 Å². The molecule has 1 saturated heterocycles. The number of methoxy groups -OCH3 is 1. The minimum absolute atomic E-state index is 0.0460. The highest BCUT2D eigenvalue weighted by atomic mass is 16.5. The zero-order valence-electron chi connectivity index (χ0n) is 13.7. The molecule has 0 N–H and O–H groups in total.